The first-order chi connectivity index (χ1) is 7.25. The van der Waals surface area contributed by atoms with Crippen molar-refractivity contribution < 1.29 is 0 Å². The van der Waals surface area contributed by atoms with Crippen molar-refractivity contribution in [2.24, 2.45) is 5.73 Å². The molecule has 80 valence electrons. The van der Waals surface area contributed by atoms with Crippen LogP contribution < -0.4 is 11.1 Å². The fourth-order valence-electron chi connectivity index (χ4n) is 1.93. The quantitative estimate of drug-likeness (QED) is 0.767. The van der Waals surface area contributed by atoms with Crippen LogP contribution in [0.2, 0.25) is 0 Å². The first-order valence-corrected chi connectivity index (χ1v) is 5.70. The molecule has 3 nitrogen and oxygen atoms in total. The zero-order valence-electron chi connectivity index (χ0n) is 8.57. The van der Waals surface area contributed by atoms with E-state index in [0.717, 1.165) is 5.82 Å². The summed E-state index contributed by atoms with van der Waals surface area (Å²) in [5.41, 5.74) is 6.22. The van der Waals surface area contributed by atoms with Crippen LogP contribution in [0.15, 0.2) is 18.2 Å². The molecule has 0 amide bonds. The van der Waals surface area contributed by atoms with E-state index in [9.17, 15) is 0 Å². The lowest BCUT2D eigenvalue weighted by atomic mass is 10.2. The predicted octanol–water partition coefficient (Wildman–Crippen LogP) is 2.07. The van der Waals surface area contributed by atoms with Gasteiger partial charge in [-0.3, -0.25) is 0 Å². The van der Waals surface area contributed by atoms with E-state index < -0.39 is 0 Å². The van der Waals surface area contributed by atoms with Gasteiger partial charge in [-0.25, -0.2) is 4.98 Å². The lowest BCUT2D eigenvalue weighted by Gasteiger charge is -2.12. The largest absolute Gasteiger partial charge is 0.388 e. The lowest BCUT2D eigenvalue weighted by molar-refractivity contribution is 0.750. The lowest BCUT2D eigenvalue weighted by Crippen LogP contribution is -2.17. The highest BCUT2D eigenvalue weighted by molar-refractivity contribution is 7.80. The zero-order chi connectivity index (χ0) is 10.7. The Balaban J connectivity index is 2.07. The maximum atomic E-state index is 5.53. The highest BCUT2D eigenvalue weighted by atomic mass is 32.1. The van der Waals surface area contributed by atoms with Gasteiger partial charge < -0.3 is 11.1 Å². The third-order valence-electron chi connectivity index (χ3n) is 2.71. The number of hydrogen-bond donors (Lipinski definition) is 2. The molecule has 1 aromatic heterocycles. The van der Waals surface area contributed by atoms with Crippen LogP contribution in [0, 0.1) is 0 Å². The number of thiocarbonyl (C=S) groups is 1. The number of pyridine rings is 1. The summed E-state index contributed by atoms with van der Waals surface area (Å²) in [6.45, 7) is 0. The van der Waals surface area contributed by atoms with Crippen molar-refractivity contribution in [1.29, 1.82) is 0 Å². The third kappa shape index (κ3) is 2.65. The summed E-state index contributed by atoms with van der Waals surface area (Å²) in [5.74, 6) is 0.882. The molecule has 1 aliphatic carbocycles. The summed E-state index contributed by atoms with van der Waals surface area (Å²) in [5, 5.41) is 3.41. The average molecular weight is 221 g/mol. The van der Waals surface area contributed by atoms with Crippen molar-refractivity contribution >= 4 is 23.0 Å². The van der Waals surface area contributed by atoms with Crippen LogP contribution in [-0.4, -0.2) is 16.0 Å². The molecule has 3 N–H and O–H groups in total. The fraction of sp³-hybridized carbons (Fsp3) is 0.455. The van der Waals surface area contributed by atoms with E-state index in [0.29, 0.717) is 16.7 Å². The molecule has 0 unspecified atom stereocenters. The van der Waals surface area contributed by atoms with Crippen molar-refractivity contribution in [2.75, 3.05) is 5.32 Å². The van der Waals surface area contributed by atoms with Gasteiger partial charge in [-0.05, 0) is 25.0 Å². The molecule has 1 aliphatic rings. The molecule has 0 atom stereocenters. The van der Waals surface area contributed by atoms with Gasteiger partial charge in [0, 0.05) is 6.04 Å². The van der Waals surface area contributed by atoms with Crippen molar-refractivity contribution in [3.63, 3.8) is 0 Å². The van der Waals surface area contributed by atoms with Crippen molar-refractivity contribution in [2.45, 2.75) is 31.7 Å². The molecule has 0 aliphatic heterocycles. The van der Waals surface area contributed by atoms with Crippen LogP contribution >= 0.6 is 12.2 Å². The number of anilines is 1. The molecular weight excluding hydrogens is 206 g/mol. The second-order valence-corrected chi connectivity index (χ2v) is 4.34. The standard InChI is InChI=1S/C11H15N3S/c12-11(15)9-6-3-7-10(14-9)13-8-4-1-2-5-8/h3,6-8H,1-2,4-5H2,(H2,12,15)(H,13,14). The molecule has 4 heteroatoms. The molecule has 1 fully saturated rings. The smallest absolute Gasteiger partial charge is 0.126 e. The minimum Gasteiger partial charge on any atom is -0.388 e. The molecule has 0 aromatic carbocycles. The van der Waals surface area contributed by atoms with Gasteiger partial charge in [-0.15, -0.1) is 0 Å². The van der Waals surface area contributed by atoms with Gasteiger partial charge in [0.1, 0.15) is 10.8 Å². The van der Waals surface area contributed by atoms with Crippen LogP contribution in [0.5, 0.6) is 0 Å². The molecule has 2 rings (SSSR count). The number of nitrogens with two attached hydrogens (primary N) is 1. The van der Waals surface area contributed by atoms with Gasteiger partial charge in [0.05, 0.1) is 5.69 Å². The Bertz CT molecular complexity index is 359. The maximum absolute atomic E-state index is 5.53. The Morgan fingerprint density at radius 1 is 1.40 bits per heavy atom. The first-order valence-electron chi connectivity index (χ1n) is 5.29. The molecule has 0 bridgehead atoms. The summed E-state index contributed by atoms with van der Waals surface area (Å²) >= 11 is 4.89. The molecular formula is C11H15N3S. The van der Waals surface area contributed by atoms with Crippen LogP contribution in [-0.2, 0) is 0 Å². The first kappa shape index (κ1) is 10.4. The van der Waals surface area contributed by atoms with Gasteiger partial charge in [0.15, 0.2) is 0 Å². The van der Waals surface area contributed by atoms with Crippen molar-refractivity contribution in [3.05, 3.63) is 23.9 Å². The minimum atomic E-state index is 0.352. The number of nitrogens with zero attached hydrogens (tertiary/aromatic N) is 1. The van der Waals surface area contributed by atoms with Crippen LogP contribution in [0.3, 0.4) is 0 Å². The van der Waals surface area contributed by atoms with Gasteiger partial charge in [0.25, 0.3) is 0 Å². The van der Waals surface area contributed by atoms with Gasteiger partial charge in [-0.2, -0.15) is 0 Å². The van der Waals surface area contributed by atoms with Gasteiger partial charge >= 0.3 is 0 Å². The van der Waals surface area contributed by atoms with Gasteiger partial charge in [-0.1, -0.05) is 31.1 Å². The fourth-order valence-corrected chi connectivity index (χ4v) is 2.05. The predicted molar refractivity (Wildman–Crippen MR) is 66.0 cm³/mol. The second-order valence-electron chi connectivity index (χ2n) is 3.90. The normalized spacial score (nSPS) is 16.5. The Hall–Kier alpha value is -1.16. The summed E-state index contributed by atoms with van der Waals surface area (Å²) in [7, 11) is 0. The van der Waals surface area contributed by atoms with Crippen LogP contribution in [0.25, 0.3) is 0 Å². The van der Waals surface area contributed by atoms with Crippen molar-refractivity contribution in [3.8, 4) is 0 Å². The molecule has 1 saturated carbocycles. The molecule has 0 spiro atoms. The van der Waals surface area contributed by atoms with Gasteiger partial charge in [0.2, 0.25) is 0 Å². The topological polar surface area (TPSA) is 50.9 Å². The summed E-state index contributed by atoms with van der Waals surface area (Å²) in [6.07, 6.45) is 5.09. The summed E-state index contributed by atoms with van der Waals surface area (Å²) in [6, 6.07) is 6.29. The summed E-state index contributed by atoms with van der Waals surface area (Å²) < 4.78 is 0. The van der Waals surface area contributed by atoms with E-state index in [2.05, 4.69) is 10.3 Å². The molecule has 15 heavy (non-hydrogen) atoms. The van der Waals surface area contributed by atoms with E-state index in [1.807, 2.05) is 18.2 Å². The van der Waals surface area contributed by atoms with E-state index in [1.165, 1.54) is 25.7 Å². The monoisotopic (exact) mass is 221 g/mol. The Morgan fingerprint density at radius 2 is 2.13 bits per heavy atom. The number of hydrogen-bond acceptors (Lipinski definition) is 3. The van der Waals surface area contributed by atoms with Crippen molar-refractivity contribution in [1.82, 2.24) is 4.98 Å². The third-order valence-corrected chi connectivity index (χ3v) is 2.92. The summed E-state index contributed by atoms with van der Waals surface area (Å²) in [4.78, 5) is 4.71. The van der Waals surface area contributed by atoms with E-state index in [4.69, 9.17) is 18.0 Å². The average Bonchev–Trinajstić information content (AvgIpc) is 2.71. The molecule has 1 heterocycles. The SMILES string of the molecule is NC(=S)c1cccc(NC2CCCC2)n1. The Labute approximate surface area is 95.1 Å². The van der Waals surface area contributed by atoms with Crippen LogP contribution in [0.4, 0.5) is 5.82 Å². The van der Waals surface area contributed by atoms with Crippen LogP contribution in [0.1, 0.15) is 31.4 Å². The highest BCUT2D eigenvalue weighted by Crippen LogP contribution is 2.21. The number of rotatable bonds is 3. The molecule has 0 radical (unpaired) electrons. The molecule has 1 aromatic rings. The number of aromatic nitrogens is 1. The van der Waals surface area contributed by atoms with E-state index >= 15 is 0 Å². The maximum Gasteiger partial charge on any atom is 0.126 e. The zero-order valence-corrected chi connectivity index (χ0v) is 9.39. The van der Waals surface area contributed by atoms with E-state index in [-0.39, 0.29) is 0 Å². The number of nitrogens with one attached hydrogen (secondary N) is 1. The Kier molecular flexibility index (Phi) is 3.16. The van der Waals surface area contributed by atoms with E-state index in [1.54, 1.807) is 0 Å². The Morgan fingerprint density at radius 3 is 2.80 bits per heavy atom. The molecule has 0 saturated heterocycles. The second kappa shape index (κ2) is 4.57. The minimum absolute atomic E-state index is 0.352. The highest BCUT2D eigenvalue weighted by Gasteiger charge is 2.14.